The molecule has 0 radical (unpaired) electrons. The third-order valence-electron chi connectivity index (χ3n) is 2.35. The first-order valence-corrected chi connectivity index (χ1v) is 6.28. The number of thioether (sulfide) groups is 1. The van der Waals surface area contributed by atoms with E-state index in [0.29, 0.717) is 10.6 Å². The van der Waals surface area contributed by atoms with E-state index in [1.54, 1.807) is 36.5 Å². The van der Waals surface area contributed by atoms with Crippen molar-refractivity contribution < 1.29 is 9.90 Å². The van der Waals surface area contributed by atoms with E-state index >= 15 is 0 Å². The van der Waals surface area contributed by atoms with Crippen molar-refractivity contribution >= 4 is 17.7 Å². The smallest absolute Gasteiger partial charge is 0.336 e. The van der Waals surface area contributed by atoms with Crippen LogP contribution in [0.2, 0.25) is 0 Å². The highest BCUT2D eigenvalue weighted by atomic mass is 32.2. The number of hydrogen-bond acceptors (Lipinski definition) is 3. The van der Waals surface area contributed by atoms with Crippen LogP contribution in [0.5, 0.6) is 0 Å². The molecule has 0 aliphatic heterocycles. The van der Waals surface area contributed by atoms with Gasteiger partial charge in [0.05, 0.1) is 5.56 Å². The van der Waals surface area contributed by atoms with Crippen LogP contribution in [0, 0.1) is 0 Å². The van der Waals surface area contributed by atoms with Gasteiger partial charge in [-0.1, -0.05) is 12.1 Å². The minimum absolute atomic E-state index is 0.153. The molecular formula is C13H11NO3S. The summed E-state index contributed by atoms with van der Waals surface area (Å²) in [5.74, 6) is -0.377. The Hall–Kier alpha value is -2.01. The van der Waals surface area contributed by atoms with E-state index < -0.39 is 5.97 Å². The molecule has 2 N–H and O–H groups in total. The highest BCUT2D eigenvalue weighted by Crippen LogP contribution is 2.25. The van der Waals surface area contributed by atoms with Gasteiger partial charge in [-0.3, -0.25) is 4.79 Å². The average Bonchev–Trinajstić information content (AvgIpc) is 2.37. The molecule has 1 heterocycles. The van der Waals surface area contributed by atoms with Gasteiger partial charge in [0.1, 0.15) is 0 Å². The molecule has 0 bridgehead atoms. The third-order valence-corrected chi connectivity index (χ3v) is 3.50. The Balaban J connectivity index is 2.16. The molecule has 0 aliphatic rings. The molecule has 92 valence electrons. The van der Waals surface area contributed by atoms with Crippen LogP contribution in [0.15, 0.2) is 52.3 Å². The number of aromatic carboxylic acids is 1. The molecule has 1 aromatic heterocycles. The predicted molar refractivity (Wildman–Crippen MR) is 70.0 cm³/mol. The highest BCUT2D eigenvalue weighted by Gasteiger charge is 2.09. The van der Waals surface area contributed by atoms with Crippen molar-refractivity contribution in [3.8, 4) is 0 Å². The van der Waals surface area contributed by atoms with Crippen LogP contribution >= 0.6 is 11.8 Å². The van der Waals surface area contributed by atoms with E-state index in [2.05, 4.69) is 4.98 Å². The predicted octanol–water partition coefficient (Wildman–Crippen LogP) is 2.37. The summed E-state index contributed by atoms with van der Waals surface area (Å²) in [6.45, 7) is 0. The van der Waals surface area contributed by atoms with E-state index in [1.165, 1.54) is 17.8 Å². The van der Waals surface area contributed by atoms with Gasteiger partial charge in [-0.25, -0.2) is 4.79 Å². The van der Waals surface area contributed by atoms with E-state index in [9.17, 15) is 9.59 Å². The zero-order valence-electron chi connectivity index (χ0n) is 9.42. The molecule has 0 amide bonds. The highest BCUT2D eigenvalue weighted by molar-refractivity contribution is 7.98. The fourth-order valence-corrected chi connectivity index (χ4v) is 2.50. The summed E-state index contributed by atoms with van der Waals surface area (Å²) in [6, 6.07) is 10.1. The number of benzene rings is 1. The lowest BCUT2D eigenvalue weighted by Gasteiger charge is -2.05. The summed E-state index contributed by atoms with van der Waals surface area (Å²) in [5, 5.41) is 9.04. The Bertz CT molecular complexity index is 621. The minimum atomic E-state index is -0.941. The van der Waals surface area contributed by atoms with Crippen molar-refractivity contribution in [2.75, 3.05) is 0 Å². The Labute approximate surface area is 108 Å². The number of hydrogen-bond donors (Lipinski definition) is 2. The maximum atomic E-state index is 11.1. The van der Waals surface area contributed by atoms with Crippen molar-refractivity contribution in [3.63, 3.8) is 0 Å². The maximum Gasteiger partial charge on any atom is 0.336 e. The molecule has 0 fully saturated rings. The largest absolute Gasteiger partial charge is 0.478 e. The number of nitrogens with one attached hydrogen (secondary N) is 1. The summed E-state index contributed by atoms with van der Waals surface area (Å²) < 4.78 is 0. The first-order valence-electron chi connectivity index (χ1n) is 5.29. The van der Waals surface area contributed by atoms with Crippen LogP contribution in [0.1, 0.15) is 15.9 Å². The maximum absolute atomic E-state index is 11.1. The van der Waals surface area contributed by atoms with Gasteiger partial charge < -0.3 is 10.1 Å². The van der Waals surface area contributed by atoms with Crippen LogP contribution < -0.4 is 5.56 Å². The van der Waals surface area contributed by atoms with Crippen LogP contribution in [0.4, 0.5) is 0 Å². The van der Waals surface area contributed by atoms with Crippen LogP contribution in [-0.4, -0.2) is 16.1 Å². The number of carboxylic acids is 1. The molecule has 4 nitrogen and oxygen atoms in total. The molecule has 2 rings (SSSR count). The van der Waals surface area contributed by atoms with E-state index in [0.717, 1.165) is 5.56 Å². The number of carboxylic acid groups (broad SMARTS) is 1. The summed E-state index contributed by atoms with van der Waals surface area (Å²) in [4.78, 5) is 25.4. The molecule has 1 aromatic carbocycles. The normalized spacial score (nSPS) is 10.2. The second-order valence-corrected chi connectivity index (χ2v) is 4.67. The van der Waals surface area contributed by atoms with Crippen molar-refractivity contribution in [1.29, 1.82) is 0 Å². The number of carbonyl (C=O) groups is 1. The molecule has 18 heavy (non-hydrogen) atoms. The zero-order chi connectivity index (χ0) is 13.0. The van der Waals surface area contributed by atoms with Crippen molar-refractivity contribution in [2.45, 2.75) is 10.6 Å². The minimum Gasteiger partial charge on any atom is -0.478 e. The lowest BCUT2D eigenvalue weighted by Crippen LogP contribution is -2.03. The zero-order valence-corrected chi connectivity index (χ0v) is 10.2. The lowest BCUT2D eigenvalue weighted by molar-refractivity contribution is 0.0693. The Kier molecular flexibility index (Phi) is 3.84. The lowest BCUT2D eigenvalue weighted by atomic mass is 10.2. The summed E-state index contributed by atoms with van der Waals surface area (Å²) in [5.41, 5.74) is 0.996. The molecular weight excluding hydrogens is 250 g/mol. The van der Waals surface area contributed by atoms with Crippen LogP contribution in [0.3, 0.4) is 0 Å². The molecule has 0 saturated heterocycles. The quantitative estimate of drug-likeness (QED) is 0.829. The van der Waals surface area contributed by atoms with E-state index in [4.69, 9.17) is 5.11 Å². The van der Waals surface area contributed by atoms with Crippen LogP contribution in [-0.2, 0) is 5.75 Å². The molecule has 5 heteroatoms. The molecule has 0 unspecified atom stereocenters. The van der Waals surface area contributed by atoms with Gasteiger partial charge in [0, 0.05) is 22.9 Å². The first kappa shape index (κ1) is 12.4. The average molecular weight is 261 g/mol. The SMILES string of the molecule is O=C(O)c1ccccc1SCc1cc[nH]c(=O)c1. The monoisotopic (exact) mass is 261 g/mol. The third kappa shape index (κ3) is 3.01. The van der Waals surface area contributed by atoms with Crippen LogP contribution in [0.25, 0.3) is 0 Å². The summed E-state index contributed by atoms with van der Waals surface area (Å²) in [6.07, 6.45) is 1.58. The second kappa shape index (κ2) is 5.55. The standard InChI is InChI=1S/C13H11NO3S/c15-12-7-9(5-6-14-12)8-18-11-4-2-1-3-10(11)13(16)17/h1-7H,8H2,(H,14,15)(H,16,17). The number of rotatable bonds is 4. The molecule has 0 saturated carbocycles. The first-order chi connectivity index (χ1) is 8.66. The number of H-pyrrole nitrogens is 1. The number of pyridine rings is 1. The Morgan fingerprint density at radius 3 is 2.78 bits per heavy atom. The Morgan fingerprint density at radius 2 is 2.06 bits per heavy atom. The van der Waals surface area contributed by atoms with Gasteiger partial charge in [0.15, 0.2) is 0 Å². The fraction of sp³-hybridized carbons (Fsp3) is 0.0769. The van der Waals surface area contributed by atoms with Crippen molar-refractivity contribution in [1.82, 2.24) is 4.98 Å². The van der Waals surface area contributed by atoms with E-state index in [1.807, 2.05) is 0 Å². The topological polar surface area (TPSA) is 70.2 Å². The van der Waals surface area contributed by atoms with Gasteiger partial charge in [0.25, 0.3) is 0 Å². The fourth-order valence-electron chi connectivity index (χ4n) is 1.51. The second-order valence-electron chi connectivity index (χ2n) is 3.65. The van der Waals surface area contributed by atoms with Crippen molar-refractivity contribution in [3.05, 3.63) is 64.1 Å². The van der Waals surface area contributed by atoms with Gasteiger partial charge in [-0.15, -0.1) is 11.8 Å². The van der Waals surface area contributed by atoms with Gasteiger partial charge in [-0.2, -0.15) is 0 Å². The van der Waals surface area contributed by atoms with Crippen molar-refractivity contribution in [2.24, 2.45) is 0 Å². The summed E-state index contributed by atoms with van der Waals surface area (Å²) >= 11 is 1.40. The molecule has 0 aliphatic carbocycles. The summed E-state index contributed by atoms with van der Waals surface area (Å²) in [7, 11) is 0. The van der Waals surface area contributed by atoms with Gasteiger partial charge >= 0.3 is 5.97 Å². The molecule has 2 aromatic rings. The Morgan fingerprint density at radius 1 is 1.28 bits per heavy atom. The number of aromatic nitrogens is 1. The number of aromatic amines is 1. The molecule has 0 atom stereocenters. The molecule has 0 spiro atoms. The van der Waals surface area contributed by atoms with Gasteiger partial charge in [0.2, 0.25) is 5.56 Å². The van der Waals surface area contributed by atoms with Gasteiger partial charge in [-0.05, 0) is 23.8 Å². The van der Waals surface area contributed by atoms with E-state index in [-0.39, 0.29) is 11.1 Å².